The Balaban J connectivity index is 1.20. The lowest BCUT2D eigenvalue weighted by molar-refractivity contribution is -0.165. The minimum absolute atomic E-state index is 0.0894. The molecule has 1 saturated carbocycles. The Kier molecular flexibility index (Phi) is 7.86. The third kappa shape index (κ3) is 6.20. The maximum absolute atomic E-state index is 14.9. The topological polar surface area (TPSA) is 123 Å². The number of hydrogen-bond acceptors (Lipinski definition) is 9. The number of nitrogens with zero attached hydrogens (tertiary/aromatic N) is 6. The number of ether oxygens (including phenoxy) is 1. The molecule has 4 aromatic rings. The number of likely N-dealkylation sites (N-methyl/N-ethyl adjacent to an activating group) is 1. The molecule has 5 rings (SSSR count). The fraction of sp³-hybridized carbons (Fsp3) is 0.370. The van der Waals surface area contributed by atoms with E-state index >= 15 is 0 Å². The molecule has 1 aliphatic carbocycles. The molecule has 0 bridgehead atoms. The molecule has 1 aliphatic rings. The van der Waals surface area contributed by atoms with Crippen LogP contribution in [0.25, 0.3) is 11.1 Å². The lowest BCUT2D eigenvalue weighted by Gasteiger charge is -2.14. The van der Waals surface area contributed by atoms with Crippen LogP contribution in [-0.2, 0) is 23.2 Å². The molecule has 0 atom stereocenters. The quantitative estimate of drug-likeness (QED) is 0.243. The van der Waals surface area contributed by atoms with E-state index in [1.807, 2.05) is 19.0 Å². The summed E-state index contributed by atoms with van der Waals surface area (Å²) in [6.45, 7) is 1.46. The Bertz CT molecular complexity index is 1560. The highest BCUT2D eigenvalue weighted by molar-refractivity contribution is 5.91. The smallest absolute Gasteiger partial charge is 0.401 e. The Morgan fingerprint density at radius 1 is 1.17 bits per heavy atom. The molecule has 2 N–H and O–H groups in total. The summed E-state index contributed by atoms with van der Waals surface area (Å²) in [7, 11) is 5.45. The molecule has 1 fully saturated rings. The normalized spacial score (nSPS) is 14.2. The van der Waals surface area contributed by atoms with Gasteiger partial charge in [-0.1, -0.05) is 17.3 Å². The molecule has 3 heterocycles. The number of rotatable bonds is 11. The first-order chi connectivity index (χ1) is 20.0. The van der Waals surface area contributed by atoms with E-state index in [1.54, 1.807) is 16.9 Å². The summed E-state index contributed by atoms with van der Waals surface area (Å²) in [5.74, 6) is -1.13. The first-order valence-electron chi connectivity index (χ1n) is 13.0. The van der Waals surface area contributed by atoms with Crippen LogP contribution in [0.3, 0.4) is 0 Å². The third-order valence-corrected chi connectivity index (χ3v) is 6.88. The number of carbonyl (C=O) groups excluding carboxylic acids is 1. The first-order valence-corrected chi connectivity index (χ1v) is 13.0. The van der Waals surface area contributed by atoms with Crippen molar-refractivity contribution in [1.29, 1.82) is 0 Å². The Morgan fingerprint density at radius 3 is 2.52 bits per heavy atom. The second-order valence-electron chi connectivity index (χ2n) is 10.2. The van der Waals surface area contributed by atoms with E-state index in [0.29, 0.717) is 29.2 Å². The van der Waals surface area contributed by atoms with Crippen LogP contribution in [0.5, 0.6) is 5.88 Å². The molecular weight excluding hydrogens is 560 g/mol. The second-order valence-corrected chi connectivity index (χ2v) is 10.2. The van der Waals surface area contributed by atoms with Gasteiger partial charge in [0.15, 0.2) is 11.6 Å². The van der Waals surface area contributed by atoms with Gasteiger partial charge in [-0.15, -0.1) is 5.10 Å². The molecule has 3 aromatic heterocycles. The number of alkyl halides is 3. The molecule has 1 aromatic carbocycles. The Morgan fingerprint density at radius 2 is 1.90 bits per heavy atom. The van der Waals surface area contributed by atoms with Crippen molar-refractivity contribution >= 4 is 23.4 Å². The van der Waals surface area contributed by atoms with Crippen molar-refractivity contribution in [3.63, 3.8) is 0 Å². The van der Waals surface area contributed by atoms with Crippen molar-refractivity contribution in [3.8, 4) is 17.0 Å². The highest BCUT2D eigenvalue weighted by atomic mass is 19.4. The molecule has 11 nitrogen and oxygen atoms in total. The number of amides is 1. The minimum Gasteiger partial charge on any atom is -0.478 e. The number of nitrogens with one attached hydrogen (secondary N) is 2. The number of methoxy groups -OCH3 is 1. The maximum Gasteiger partial charge on any atom is 0.401 e. The van der Waals surface area contributed by atoms with Gasteiger partial charge in [-0.25, -0.2) is 14.4 Å². The minimum atomic E-state index is -4.47. The first kappa shape index (κ1) is 29.0. The van der Waals surface area contributed by atoms with E-state index in [2.05, 4.69) is 30.9 Å². The van der Waals surface area contributed by atoms with Crippen LogP contribution < -0.4 is 15.4 Å². The van der Waals surface area contributed by atoms with Crippen LogP contribution in [0.1, 0.15) is 24.2 Å². The molecule has 222 valence electrons. The largest absolute Gasteiger partial charge is 0.478 e. The van der Waals surface area contributed by atoms with Crippen molar-refractivity contribution in [1.82, 2.24) is 29.8 Å². The van der Waals surface area contributed by atoms with Gasteiger partial charge >= 0.3 is 6.18 Å². The van der Waals surface area contributed by atoms with Crippen LogP contribution >= 0.6 is 0 Å². The van der Waals surface area contributed by atoms with Crippen molar-refractivity contribution in [2.24, 2.45) is 0 Å². The van der Waals surface area contributed by atoms with Crippen LogP contribution in [0.4, 0.5) is 35.0 Å². The van der Waals surface area contributed by atoms with Gasteiger partial charge in [-0.05, 0) is 44.1 Å². The lowest BCUT2D eigenvalue weighted by atomic mass is 10.0. The van der Waals surface area contributed by atoms with Crippen LogP contribution in [0, 0.1) is 5.82 Å². The van der Waals surface area contributed by atoms with E-state index in [1.165, 1.54) is 31.6 Å². The molecule has 15 heteroatoms. The van der Waals surface area contributed by atoms with Crippen LogP contribution in [0.15, 0.2) is 47.4 Å². The van der Waals surface area contributed by atoms with Gasteiger partial charge in [0.05, 0.1) is 26.3 Å². The van der Waals surface area contributed by atoms with E-state index in [9.17, 15) is 22.4 Å². The van der Waals surface area contributed by atoms with Gasteiger partial charge < -0.3 is 24.8 Å². The van der Waals surface area contributed by atoms with E-state index in [0.717, 1.165) is 12.6 Å². The zero-order valence-electron chi connectivity index (χ0n) is 23.0. The highest BCUT2D eigenvalue weighted by Crippen LogP contribution is 2.59. The van der Waals surface area contributed by atoms with Gasteiger partial charge in [-0.3, -0.25) is 9.48 Å². The van der Waals surface area contributed by atoms with Gasteiger partial charge in [0.25, 0.3) is 5.88 Å². The average molecular weight is 589 g/mol. The number of carbonyl (C=O) groups is 1. The Hall–Kier alpha value is -4.53. The van der Waals surface area contributed by atoms with E-state index < -0.39 is 23.3 Å². The van der Waals surface area contributed by atoms with Crippen molar-refractivity contribution in [2.75, 3.05) is 38.4 Å². The Labute approximate surface area is 237 Å². The number of aromatic nitrogens is 5. The van der Waals surface area contributed by atoms with Crippen molar-refractivity contribution in [2.45, 2.75) is 37.4 Å². The molecule has 0 radical (unpaired) electrons. The zero-order valence-corrected chi connectivity index (χ0v) is 23.0. The average Bonchev–Trinajstić information content (AvgIpc) is 3.49. The summed E-state index contributed by atoms with van der Waals surface area (Å²) in [4.78, 5) is 23.1. The van der Waals surface area contributed by atoms with Gasteiger partial charge in [0.1, 0.15) is 16.9 Å². The standard InChI is InChI=1S/C27H28F4N8O3/c1-38(2)8-9-39-15-20(24(36-39)41-3)34-25-32-13-18(14-33-25)16-4-5-17(19(28)10-16)11-23(40)35-22-12-21(42-37-22)26(6-7-26)27(29,30)31/h4-5,10,12-15H,6-9,11H2,1-3H3,(H,32,33,34)(H,35,37,40). The summed E-state index contributed by atoms with van der Waals surface area (Å²) < 4.78 is 66.7. The van der Waals surface area contributed by atoms with Gasteiger partial charge in [0.2, 0.25) is 11.9 Å². The van der Waals surface area contributed by atoms with Crippen molar-refractivity contribution < 1.29 is 31.6 Å². The highest BCUT2D eigenvalue weighted by Gasteiger charge is 2.66. The number of hydrogen-bond donors (Lipinski definition) is 2. The lowest BCUT2D eigenvalue weighted by Crippen LogP contribution is -2.28. The van der Waals surface area contributed by atoms with Gasteiger partial charge in [-0.2, -0.15) is 13.2 Å². The SMILES string of the molecule is COc1nn(CCN(C)C)cc1Nc1ncc(-c2ccc(CC(=O)Nc3cc(C4(C(F)(F)F)CC4)on3)c(F)c2)cn1. The second kappa shape index (κ2) is 11.4. The number of benzene rings is 1. The monoisotopic (exact) mass is 588 g/mol. The molecule has 0 spiro atoms. The number of halogens is 4. The van der Waals surface area contributed by atoms with Gasteiger partial charge in [0, 0.05) is 30.6 Å². The fourth-order valence-electron chi connectivity index (χ4n) is 4.30. The zero-order chi connectivity index (χ0) is 30.1. The summed E-state index contributed by atoms with van der Waals surface area (Å²) in [6, 6.07) is 5.37. The van der Waals surface area contributed by atoms with Crippen LogP contribution in [0.2, 0.25) is 0 Å². The molecular formula is C27H28F4N8O3. The fourth-order valence-corrected chi connectivity index (χ4v) is 4.30. The summed E-state index contributed by atoms with van der Waals surface area (Å²) in [5, 5.41) is 13.3. The molecule has 42 heavy (non-hydrogen) atoms. The third-order valence-electron chi connectivity index (χ3n) is 6.88. The molecule has 0 saturated heterocycles. The van der Waals surface area contributed by atoms with Crippen molar-refractivity contribution in [3.05, 3.63) is 60.0 Å². The summed E-state index contributed by atoms with van der Waals surface area (Å²) in [6.07, 6.45) is -0.189. The number of anilines is 3. The molecule has 0 aliphatic heterocycles. The molecule has 1 amide bonds. The van der Waals surface area contributed by atoms with E-state index in [-0.39, 0.29) is 42.4 Å². The van der Waals surface area contributed by atoms with E-state index in [4.69, 9.17) is 9.26 Å². The predicted octanol–water partition coefficient (Wildman–Crippen LogP) is 4.56. The maximum atomic E-state index is 14.9. The van der Waals surface area contributed by atoms with Crippen LogP contribution in [-0.4, -0.2) is 69.6 Å². The molecule has 0 unspecified atom stereocenters. The summed E-state index contributed by atoms with van der Waals surface area (Å²) >= 11 is 0. The predicted molar refractivity (Wildman–Crippen MR) is 144 cm³/mol. The summed E-state index contributed by atoms with van der Waals surface area (Å²) in [5.41, 5.74) is -0.346.